The molecule has 0 amide bonds. The summed E-state index contributed by atoms with van der Waals surface area (Å²) < 4.78 is 12.0. The summed E-state index contributed by atoms with van der Waals surface area (Å²) in [7, 11) is 0. The molecule has 2 heterocycles. The van der Waals surface area contributed by atoms with Gasteiger partial charge in [0.25, 0.3) is 0 Å². The van der Waals surface area contributed by atoms with E-state index < -0.39 is 11.2 Å². The molecule has 3 fully saturated rings. The van der Waals surface area contributed by atoms with Crippen molar-refractivity contribution in [1.82, 2.24) is 0 Å². The summed E-state index contributed by atoms with van der Waals surface area (Å²) in [4.78, 5) is 24.7. The fourth-order valence-corrected chi connectivity index (χ4v) is 6.42. The van der Waals surface area contributed by atoms with Gasteiger partial charge in [-0.3, -0.25) is 9.59 Å². The van der Waals surface area contributed by atoms with Gasteiger partial charge in [0.05, 0.1) is 12.0 Å². The second-order valence-electron chi connectivity index (χ2n) is 9.37. The highest BCUT2D eigenvalue weighted by Crippen LogP contribution is 2.65. The lowest BCUT2D eigenvalue weighted by Crippen LogP contribution is -2.62. The standard InChI is InChI=1S/C20H28O4/c1-13-10-14(21)16-17(2,3)6-5-7-18(16,4)20(13)9-8-19(24-20)11-15(22)23-12-19/h10,16H,5-9,11-12H2,1-4H3. The Labute approximate surface area is 144 Å². The molecule has 1 saturated carbocycles. The zero-order chi connectivity index (χ0) is 17.4. The van der Waals surface area contributed by atoms with Gasteiger partial charge in [0.2, 0.25) is 0 Å². The molecule has 0 bridgehead atoms. The van der Waals surface area contributed by atoms with Crippen molar-refractivity contribution in [2.24, 2.45) is 16.7 Å². The van der Waals surface area contributed by atoms with Crippen LogP contribution in [0.1, 0.15) is 66.2 Å². The van der Waals surface area contributed by atoms with Gasteiger partial charge < -0.3 is 9.47 Å². The van der Waals surface area contributed by atoms with Crippen molar-refractivity contribution in [2.75, 3.05) is 6.61 Å². The first-order chi connectivity index (χ1) is 11.1. The van der Waals surface area contributed by atoms with Crippen LogP contribution in [0.15, 0.2) is 11.6 Å². The van der Waals surface area contributed by atoms with Crippen molar-refractivity contribution in [2.45, 2.75) is 77.4 Å². The van der Waals surface area contributed by atoms with Gasteiger partial charge in [0.15, 0.2) is 5.78 Å². The Balaban J connectivity index is 1.81. The van der Waals surface area contributed by atoms with Crippen LogP contribution < -0.4 is 0 Å². The van der Waals surface area contributed by atoms with Crippen LogP contribution in [-0.4, -0.2) is 29.6 Å². The summed E-state index contributed by atoms with van der Waals surface area (Å²) in [5.41, 5.74) is -0.103. The highest BCUT2D eigenvalue weighted by Gasteiger charge is 2.68. The number of cyclic esters (lactones) is 1. The van der Waals surface area contributed by atoms with Crippen LogP contribution in [0.5, 0.6) is 0 Å². The van der Waals surface area contributed by atoms with Crippen LogP contribution in [0.4, 0.5) is 0 Å². The Bertz CT molecular complexity index is 648. The summed E-state index contributed by atoms with van der Waals surface area (Å²) >= 11 is 0. The predicted octanol–water partition coefficient (Wildman–Crippen LogP) is 3.58. The van der Waals surface area contributed by atoms with Crippen molar-refractivity contribution < 1.29 is 19.1 Å². The van der Waals surface area contributed by atoms with Crippen LogP contribution in [0.3, 0.4) is 0 Å². The van der Waals surface area contributed by atoms with Crippen molar-refractivity contribution in [3.8, 4) is 0 Å². The molecule has 2 spiro atoms. The van der Waals surface area contributed by atoms with Gasteiger partial charge in [-0.25, -0.2) is 0 Å². The highest BCUT2D eigenvalue weighted by atomic mass is 16.6. The minimum atomic E-state index is -0.484. The van der Waals surface area contributed by atoms with E-state index in [0.717, 1.165) is 37.7 Å². The normalized spacial score (nSPS) is 47.0. The summed E-state index contributed by atoms with van der Waals surface area (Å²) in [6.07, 6.45) is 7.09. The zero-order valence-corrected chi connectivity index (χ0v) is 15.2. The zero-order valence-electron chi connectivity index (χ0n) is 15.2. The third-order valence-corrected chi connectivity index (χ3v) is 7.42. The predicted molar refractivity (Wildman–Crippen MR) is 89.4 cm³/mol. The smallest absolute Gasteiger partial charge is 0.308 e. The Hall–Kier alpha value is -1.16. The third kappa shape index (κ3) is 1.89. The van der Waals surface area contributed by atoms with Gasteiger partial charge in [0, 0.05) is 11.3 Å². The molecule has 4 atom stereocenters. The van der Waals surface area contributed by atoms with Gasteiger partial charge in [0.1, 0.15) is 12.2 Å². The summed E-state index contributed by atoms with van der Waals surface area (Å²) in [5.74, 6) is 0.0792. The maximum absolute atomic E-state index is 13.0. The number of fused-ring (bicyclic) bond motifs is 2. The van der Waals surface area contributed by atoms with E-state index in [0.29, 0.717) is 13.0 Å². The molecule has 4 aliphatic rings. The second kappa shape index (κ2) is 4.72. The molecule has 4 heteroatoms. The molecular formula is C20H28O4. The molecule has 4 rings (SSSR count). The van der Waals surface area contributed by atoms with E-state index in [1.165, 1.54) is 0 Å². The highest BCUT2D eigenvalue weighted by molar-refractivity contribution is 5.95. The Morgan fingerprint density at radius 2 is 1.83 bits per heavy atom. The van der Waals surface area contributed by atoms with Crippen molar-refractivity contribution >= 4 is 11.8 Å². The molecule has 0 radical (unpaired) electrons. The number of esters is 1. The molecule has 24 heavy (non-hydrogen) atoms. The van der Waals surface area contributed by atoms with Gasteiger partial charge in [-0.2, -0.15) is 0 Å². The monoisotopic (exact) mass is 332 g/mol. The van der Waals surface area contributed by atoms with E-state index in [1.807, 2.05) is 13.0 Å². The lowest BCUT2D eigenvalue weighted by molar-refractivity contribution is -0.193. The number of rotatable bonds is 0. The molecule has 2 aliphatic heterocycles. The lowest BCUT2D eigenvalue weighted by atomic mass is 9.46. The fraction of sp³-hybridized carbons (Fsp3) is 0.800. The number of carbonyl (C=O) groups is 2. The van der Waals surface area contributed by atoms with Gasteiger partial charge in [-0.1, -0.05) is 27.2 Å². The van der Waals surface area contributed by atoms with Crippen LogP contribution in [0, 0.1) is 16.7 Å². The first-order valence-corrected chi connectivity index (χ1v) is 9.23. The topological polar surface area (TPSA) is 52.6 Å². The first-order valence-electron chi connectivity index (χ1n) is 9.23. The number of carbonyl (C=O) groups excluding carboxylic acids is 2. The Kier molecular flexibility index (Phi) is 3.21. The average molecular weight is 332 g/mol. The molecule has 132 valence electrons. The van der Waals surface area contributed by atoms with Crippen LogP contribution >= 0.6 is 0 Å². The number of hydrogen-bond acceptors (Lipinski definition) is 4. The summed E-state index contributed by atoms with van der Waals surface area (Å²) in [6, 6.07) is 0. The average Bonchev–Trinajstić information content (AvgIpc) is 3.01. The summed E-state index contributed by atoms with van der Waals surface area (Å²) in [6.45, 7) is 9.10. The van der Waals surface area contributed by atoms with Gasteiger partial charge in [-0.05, 0) is 49.7 Å². The SMILES string of the molecule is CC1=CC(=O)C2C(C)(C)CCCC2(C)C12CCC1(COC(=O)C1)O2. The minimum Gasteiger partial charge on any atom is -0.463 e. The minimum absolute atomic E-state index is 0.0179. The number of allylic oxidation sites excluding steroid dienone is 1. The number of ether oxygens (including phenoxy) is 2. The molecule has 4 unspecified atom stereocenters. The maximum Gasteiger partial charge on any atom is 0.308 e. The second-order valence-corrected chi connectivity index (χ2v) is 9.37. The Morgan fingerprint density at radius 1 is 1.08 bits per heavy atom. The largest absolute Gasteiger partial charge is 0.463 e. The molecule has 0 aromatic rings. The Morgan fingerprint density at radius 3 is 2.50 bits per heavy atom. The fourth-order valence-electron chi connectivity index (χ4n) is 6.42. The van der Waals surface area contributed by atoms with E-state index in [2.05, 4.69) is 20.8 Å². The third-order valence-electron chi connectivity index (χ3n) is 7.42. The van der Waals surface area contributed by atoms with Gasteiger partial charge >= 0.3 is 5.97 Å². The summed E-state index contributed by atoms with van der Waals surface area (Å²) in [5, 5.41) is 0. The first kappa shape index (κ1) is 16.3. The molecule has 0 N–H and O–H groups in total. The molecule has 2 aliphatic carbocycles. The van der Waals surface area contributed by atoms with Crippen LogP contribution in [0.25, 0.3) is 0 Å². The van der Waals surface area contributed by atoms with E-state index >= 15 is 0 Å². The number of hydrogen-bond donors (Lipinski definition) is 0. The van der Waals surface area contributed by atoms with Crippen molar-refractivity contribution in [3.63, 3.8) is 0 Å². The molecule has 0 aromatic carbocycles. The maximum atomic E-state index is 13.0. The van der Waals surface area contributed by atoms with E-state index in [1.54, 1.807) is 0 Å². The van der Waals surface area contributed by atoms with Gasteiger partial charge in [-0.15, -0.1) is 0 Å². The van der Waals surface area contributed by atoms with E-state index in [-0.39, 0.29) is 28.5 Å². The quantitative estimate of drug-likeness (QED) is 0.636. The lowest BCUT2D eigenvalue weighted by Gasteiger charge is -2.60. The van der Waals surface area contributed by atoms with Crippen molar-refractivity contribution in [3.05, 3.63) is 11.6 Å². The molecular weight excluding hydrogens is 304 g/mol. The molecule has 2 saturated heterocycles. The van der Waals surface area contributed by atoms with Crippen LogP contribution in [-0.2, 0) is 19.1 Å². The van der Waals surface area contributed by atoms with E-state index in [4.69, 9.17) is 9.47 Å². The van der Waals surface area contributed by atoms with E-state index in [9.17, 15) is 9.59 Å². The molecule has 0 aromatic heterocycles. The van der Waals surface area contributed by atoms with Crippen molar-refractivity contribution in [1.29, 1.82) is 0 Å². The van der Waals surface area contributed by atoms with Crippen LogP contribution in [0.2, 0.25) is 0 Å². The number of ketones is 1. The molecule has 4 nitrogen and oxygen atoms in total.